The summed E-state index contributed by atoms with van der Waals surface area (Å²) in [4.78, 5) is 22.5. The molecule has 0 atom stereocenters. The minimum absolute atomic E-state index is 0.0476. The van der Waals surface area contributed by atoms with Crippen molar-refractivity contribution < 1.29 is 19.2 Å². The van der Waals surface area contributed by atoms with Gasteiger partial charge in [-0.05, 0) is 72.2 Å². The van der Waals surface area contributed by atoms with Crippen molar-refractivity contribution in [1.82, 2.24) is 0 Å². The average molecular weight is 407 g/mol. The lowest BCUT2D eigenvalue weighted by Crippen LogP contribution is -2.07. The van der Waals surface area contributed by atoms with Crippen LogP contribution in [0, 0.1) is 10.1 Å². The number of ether oxygens (including phenoxy) is 2. The van der Waals surface area contributed by atoms with Crippen molar-refractivity contribution >= 4 is 17.2 Å². The Bertz CT molecular complexity index is 989. The average Bonchev–Trinajstić information content (AvgIpc) is 2.76. The molecule has 2 aromatic carbocycles. The third-order valence-electron chi connectivity index (χ3n) is 5.16. The zero-order valence-corrected chi connectivity index (χ0v) is 17.2. The van der Waals surface area contributed by atoms with Crippen LogP contribution in [0.1, 0.15) is 43.7 Å². The summed E-state index contributed by atoms with van der Waals surface area (Å²) in [5, 5.41) is 10.7. The van der Waals surface area contributed by atoms with Crippen LogP contribution in [0.5, 0.6) is 11.5 Å². The van der Waals surface area contributed by atoms with E-state index in [2.05, 4.69) is 19.1 Å². The van der Waals surface area contributed by atoms with Gasteiger partial charge in [0.15, 0.2) is 0 Å². The van der Waals surface area contributed by atoms with Gasteiger partial charge in [0.25, 0.3) is 5.69 Å². The van der Waals surface area contributed by atoms with Crippen LogP contribution >= 0.6 is 0 Å². The van der Waals surface area contributed by atoms with Crippen molar-refractivity contribution in [3.05, 3.63) is 81.4 Å². The number of rotatable bonds is 8. The van der Waals surface area contributed by atoms with Crippen molar-refractivity contribution in [2.75, 3.05) is 7.11 Å². The number of nitro benzene ring substituents is 1. The molecule has 30 heavy (non-hydrogen) atoms. The Morgan fingerprint density at radius 3 is 2.53 bits per heavy atom. The van der Waals surface area contributed by atoms with E-state index in [0.29, 0.717) is 0 Å². The Kier molecular flexibility index (Phi) is 7.01. The first-order valence-corrected chi connectivity index (χ1v) is 10.1. The smallest absolute Gasteiger partial charge is 0.336 e. The van der Waals surface area contributed by atoms with Gasteiger partial charge in [-0.25, -0.2) is 4.79 Å². The van der Waals surface area contributed by atoms with E-state index in [4.69, 9.17) is 9.47 Å². The quantitative estimate of drug-likeness (QED) is 0.186. The highest BCUT2D eigenvalue weighted by Gasteiger charge is 2.18. The van der Waals surface area contributed by atoms with E-state index in [1.54, 1.807) is 7.11 Å². The van der Waals surface area contributed by atoms with Crippen molar-refractivity contribution in [2.45, 2.75) is 39.0 Å². The van der Waals surface area contributed by atoms with E-state index >= 15 is 0 Å². The van der Waals surface area contributed by atoms with Gasteiger partial charge in [0.05, 0.1) is 12.0 Å². The van der Waals surface area contributed by atoms with E-state index in [-0.39, 0.29) is 11.4 Å². The van der Waals surface area contributed by atoms with Gasteiger partial charge in [-0.15, -0.1) is 0 Å². The lowest BCUT2D eigenvalue weighted by molar-refractivity contribution is -0.384. The summed E-state index contributed by atoms with van der Waals surface area (Å²) in [6.07, 6.45) is 8.12. The predicted molar refractivity (Wildman–Crippen MR) is 116 cm³/mol. The van der Waals surface area contributed by atoms with Crippen LogP contribution in [-0.2, 0) is 11.2 Å². The summed E-state index contributed by atoms with van der Waals surface area (Å²) >= 11 is 0. The van der Waals surface area contributed by atoms with Gasteiger partial charge < -0.3 is 9.47 Å². The Morgan fingerprint density at radius 2 is 1.87 bits per heavy atom. The first-order valence-electron chi connectivity index (χ1n) is 10.1. The largest absolute Gasteiger partial charge is 0.497 e. The molecule has 0 saturated carbocycles. The fraction of sp³-hybridized carbons (Fsp3) is 0.292. The number of carbonyl (C=O) groups is 1. The summed E-state index contributed by atoms with van der Waals surface area (Å²) < 4.78 is 10.6. The number of aryl methyl sites for hydroxylation is 1. The number of methoxy groups -OCH3 is 1. The van der Waals surface area contributed by atoms with Crippen LogP contribution in [0.25, 0.3) is 5.57 Å². The summed E-state index contributed by atoms with van der Waals surface area (Å²) in [5.74, 6) is 0.623. The lowest BCUT2D eigenvalue weighted by Gasteiger charge is -2.23. The van der Waals surface area contributed by atoms with Gasteiger partial charge in [-0.2, -0.15) is 0 Å². The second kappa shape index (κ2) is 9.87. The normalized spacial score (nSPS) is 13.3. The molecule has 156 valence electrons. The first-order chi connectivity index (χ1) is 14.5. The molecule has 3 rings (SSSR count). The number of hydrogen-bond acceptors (Lipinski definition) is 5. The fourth-order valence-corrected chi connectivity index (χ4v) is 3.58. The molecule has 0 fully saturated rings. The van der Waals surface area contributed by atoms with Gasteiger partial charge in [0.1, 0.15) is 11.5 Å². The fourth-order valence-electron chi connectivity index (χ4n) is 3.58. The Morgan fingerprint density at radius 1 is 1.13 bits per heavy atom. The second-order valence-electron chi connectivity index (χ2n) is 7.14. The highest BCUT2D eigenvalue weighted by molar-refractivity contribution is 5.86. The number of nitrogens with zero attached hydrogens (tertiary/aromatic N) is 1. The number of carbonyl (C=O) groups excluding carboxylic acids is 1. The lowest BCUT2D eigenvalue weighted by atomic mass is 9.83. The number of benzene rings is 2. The molecule has 0 amide bonds. The first kappa shape index (κ1) is 21.3. The molecule has 0 bridgehead atoms. The molecule has 6 heteroatoms. The number of hydrogen-bond donors (Lipinski definition) is 0. The van der Waals surface area contributed by atoms with Crippen LogP contribution < -0.4 is 9.47 Å². The summed E-state index contributed by atoms with van der Waals surface area (Å²) in [6.45, 7) is 2.16. The van der Waals surface area contributed by atoms with Crippen LogP contribution in [-0.4, -0.2) is 18.0 Å². The Hall–Kier alpha value is -3.41. The molecule has 2 aromatic rings. The second-order valence-corrected chi connectivity index (χ2v) is 7.14. The number of fused-ring (bicyclic) bond motifs is 1. The molecule has 1 aliphatic carbocycles. The Balaban J connectivity index is 1.78. The zero-order valence-electron chi connectivity index (χ0n) is 17.2. The van der Waals surface area contributed by atoms with Crippen LogP contribution in [0.4, 0.5) is 5.69 Å². The van der Waals surface area contributed by atoms with Gasteiger partial charge in [-0.1, -0.05) is 25.5 Å². The molecule has 0 N–H and O–H groups in total. The molecule has 0 aromatic heterocycles. The maximum Gasteiger partial charge on any atom is 0.336 e. The molecule has 6 nitrogen and oxygen atoms in total. The van der Waals surface area contributed by atoms with Crippen molar-refractivity contribution in [3.63, 3.8) is 0 Å². The van der Waals surface area contributed by atoms with Gasteiger partial charge in [0, 0.05) is 18.2 Å². The minimum atomic E-state index is -0.508. The van der Waals surface area contributed by atoms with Crippen LogP contribution in [0.2, 0.25) is 0 Å². The topological polar surface area (TPSA) is 78.7 Å². The summed E-state index contributed by atoms with van der Waals surface area (Å²) in [6, 6.07) is 11.6. The van der Waals surface area contributed by atoms with Gasteiger partial charge in [0.2, 0.25) is 0 Å². The van der Waals surface area contributed by atoms with Gasteiger partial charge >= 0.3 is 5.97 Å². The van der Waals surface area contributed by atoms with Crippen LogP contribution in [0.15, 0.2) is 60.2 Å². The molecule has 0 spiro atoms. The SMILES string of the molecule is CCCCC1=C(/C=C/C(=O)Oc2ccc([N+](=O)[O-])cc2)CCc2cc(OC)ccc21. The van der Waals surface area contributed by atoms with E-state index in [1.807, 2.05) is 12.1 Å². The highest BCUT2D eigenvalue weighted by Crippen LogP contribution is 2.37. The number of esters is 1. The summed E-state index contributed by atoms with van der Waals surface area (Å²) in [7, 11) is 1.67. The van der Waals surface area contributed by atoms with E-state index in [9.17, 15) is 14.9 Å². The molecule has 1 aliphatic rings. The van der Waals surface area contributed by atoms with E-state index < -0.39 is 10.9 Å². The number of nitro groups is 1. The molecule has 0 heterocycles. The molecular weight excluding hydrogens is 382 g/mol. The van der Waals surface area contributed by atoms with Crippen molar-refractivity contribution in [3.8, 4) is 11.5 Å². The summed E-state index contributed by atoms with van der Waals surface area (Å²) in [5.41, 5.74) is 4.85. The number of unbranched alkanes of at least 4 members (excludes halogenated alkanes) is 1. The third kappa shape index (κ3) is 5.14. The maximum atomic E-state index is 12.2. The number of allylic oxidation sites excluding steroid dienone is 3. The monoisotopic (exact) mass is 407 g/mol. The third-order valence-corrected chi connectivity index (χ3v) is 5.16. The number of non-ortho nitro benzene ring substituents is 1. The van der Waals surface area contributed by atoms with E-state index in [0.717, 1.165) is 43.4 Å². The molecular formula is C24H25NO5. The van der Waals surface area contributed by atoms with E-state index in [1.165, 1.54) is 47.0 Å². The Labute approximate surface area is 176 Å². The maximum absolute atomic E-state index is 12.2. The van der Waals surface area contributed by atoms with Crippen molar-refractivity contribution in [2.24, 2.45) is 0 Å². The molecule has 0 aliphatic heterocycles. The van der Waals surface area contributed by atoms with Crippen LogP contribution in [0.3, 0.4) is 0 Å². The molecule has 0 unspecified atom stereocenters. The predicted octanol–water partition coefficient (Wildman–Crippen LogP) is 5.66. The standard InChI is InChI=1S/C24H25NO5/c1-3-4-5-22-17(6-7-18-16-21(29-2)13-14-23(18)22)8-15-24(26)30-20-11-9-19(10-12-20)25(27)28/h8-16H,3-7H2,1-2H3/b15-8+. The highest BCUT2D eigenvalue weighted by atomic mass is 16.6. The molecule has 0 saturated heterocycles. The minimum Gasteiger partial charge on any atom is -0.497 e. The van der Waals surface area contributed by atoms with Gasteiger partial charge in [-0.3, -0.25) is 10.1 Å². The zero-order chi connectivity index (χ0) is 21.5. The molecule has 0 radical (unpaired) electrons. The van der Waals surface area contributed by atoms with Crippen molar-refractivity contribution in [1.29, 1.82) is 0 Å².